The van der Waals surface area contributed by atoms with Crippen LogP contribution in [0.3, 0.4) is 0 Å². The van der Waals surface area contributed by atoms with Gasteiger partial charge >= 0.3 is 5.97 Å². The molecule has 1 saturated carbocycles. The summed E-state index contributed by atoms with van der Waals surface area (Å²) in [4.78, 5) is 37.2. The number of rotatable bonds is 5. The van der Waals surface area contributed by atoms with Gasteiger partial charge in [0.25, 0.3) is 0 Å². The average Bonchev–Trinajstić information content (AvgIpc) is 2.92. The van der Waals surface area contributed by atoms with Crippen LogP contribution in [0.2, 0.25) is 0 Å². The quantitative estimate of drug-likeness (QED) is 0.858. The van der Waals surface area contributed by atoms with Crippen molar-refractivity contribution in [3.8, 4) is 0 Å². The topological polar surface area (TPSA) is 86.7 Å². The van der Waals surface area contributed by atoms with Crippen molar-refractivity contribution >= 4 is 17.8 Å². The van der Waals surface area contributed by atoms with E-state index < -0.39 is 5.97 Å². The first-order valence-electron chi connectivity index (χ1n) is 8.33. The summed E-state index contributed by atoms with van der Waals surface area (Å²) < 4.78 is 0. The van der Waals surface area contributed by atoms with Crippen LogP contribution < -0.4 is 5.32 Å². The molecule has 2 N–H and O–H groups in total. The van der Waals surface area contributed by atoms with E-state index in [1.807, 2.05) is 37.3 Å². The molecular formula is C18H22N2O4. The van der Waals surface area contributed by atoms with E-state index in [9.17, 15) is 14.4 Å². The van der Waals surface area contributed by atoms with Crippen molar-refractivity contribution in [2.75, 3.05) is 6.54 Å². The Hall–Kier alpha value is -2.37. The highest BCUT2D eigenvalue weighted by Gasteiger charge is 2.40. The molecule has 128 valence electrons. The lowest BCUT2D eigenvalue weighted by Crippen LogP contribution is -2.48. The fourth-order valence-corrected chi connectivity index (χ4v) is 3.45. The lowest BCUT2D eigenvalue weighted by Gasteiger charge is -2.33. The minimum absolute atomic E-state index is 0.0106. The number of aliphatic carboxylic acids is 1. The van der Waals surface area contributed by atoms with Gasteiger partial charge in [0, 0.05) is 19.0 Å². The van der Waals surface area contributed by atoms with Crippen LogP contribution in [0.5, 0.6) is 0 Å². The second-order valence-corrected chi connectivity index (χ2v) is 6.75. The van der Waals surface area contributed by atoms with Crippen molar-refractivity contribution in [1.29, 1.82) is 0 Å². The SMILES string of the molecule is CC(c1ccccc1)N1CC(C(=O)NC2CC(C(=O)O)C2)CC1=O. The molecule has 2 fully saturated rings. The zero-order valence-electron chi connectivity index (χ0n) is 13.6. The zero-order valence-corrected chi connectivity index (χ0v) is 13.6. The number of carbonyl (C=O) groups is 3. The van der Waals surface area contributed by atoms with E-state index in [4.69, 9.17) is 5.11 Å². The molecule has 1 aromatic rings. The van der Waals surface area contributed by atoms with Crippen molar-refractivity contribution in [3.05, 3.63) is 35.9 Å². The number of likely N-dealkylation sites (tertiary alicyclic amines) is 1. The van der Waals surface area contributed by atoms with Crippen LogP contribution in [0.4, 0.5) is 0 Å². The van der Waals surface area contributed by atoms with Gasteiger partial charge in [-0.2, -0.15) is 0 Å². The van der Waals surface area contributed by atoms with Crippen LogP contribution in [0.25, 0.3) is 0 Å². The molecule has 0 aromatic heterocycles. The van der Waals surface area contributed by atoms with Crippen LogP contribution in [-0.4, -0.2) is 40.4 Å². The molecule has 1 aliphatic heterocycles. The summed E-state index contributed by atoms with van der Waals surface area (Å²) in [7, 11) is 0. The molecule has 24 heavy (non-hydrogen) atoms. The summed E-state index contributed by atoms with van der Waals surface area (Å²) in [6.45, 7) is 2.38. The smallest absolute Gasteiger partial charge is 0.306 e. The number of nitrogens with one attached hydrogen (secondary N) is 1. The highest BCUT2D eigenvalue weighted by atomic mass is 16.4. The maximum atomic E-state index is 12.3. The van der Waals surface area contributed by atoms with Crippen LogP contribution in [0.1, 0.15) is 37.8 Å². The molecule has 3 rings (SSSR count). The minimum atomic E-state index is -0.806. The molecule has 0 spiro atoms. The van der Waals surface area contributed by atoms with Gasteiger partial charge < -0.3 is 15.3 Å². The molecule has 0 bridgehead atoms. The van der Waals surface area contributed by atoms with Gasteiger partial charge in [-0.1, -0.05) is 30.3 Å². The Labute approximate surface area is 140 Å². The summed E-state index contributed by atoms with van der Waals surface area (Å²) in [6.07, 6.45) is 1.18. The zero-order chi connectivity index (χ0) is 17.3. The molecule has 6 nitrogen and oxygen atoms in total. The number of hydrogen-bond acceptors (Lipinski definition) is 3. The third-order valence-corrected chi connectivity index (χ3v) is 5.11. The molecule has 1 aromatic carbocycles. The van der Waals surface area contributed by atoms with Gasteiger partial charge in [-0.15, -0.1) is 0 Å². The van der Waals surface area contributed by atoms with Gasteiger partial charge in [0.2, 0.25) is 11.8 Å². The summed E-state index contributed by atoms with van der Waals surface area (Å²) >= 11 is 0. The monoisotopic (exact) mass is 330 g/mol. The van der Waals surface area contributed by atoms with Crippen molar-refractivity contribution in [2.24, 2.45) is 11.8 Å². The Morgan fingerprint density at radius 2 is 1.88 bits per heavy atom. The molecule has 2 unspecified atom stereocenters. The van der Waals surface area contributed by atoms with Crippen molar-refractivity contribution < 1.29 is 19.5 Å². The lowest BCUT2D eigenvalue weighted by molar-refractivity contribution is -0.146. The summed E-state index contributed by atoms with van der Waals surface area (Å²) in [5.74, 6) is -1.66. The first-order valence-corrected chi connectivity index (χ1v) is 8.33. The maximum absolute atomic E-state index is 12.3. The molecule has 2 amide bonds. The summed E-state index contributed by atoms with van der Waals surface area (Å²) in [6, 6.07) is 9.63. The van der Waals surface area contributed by atoms with E-state index in [1.165, 1.54) is 0 Å². The van der Waals surface area contributed by atoms with E-state index in [1.54, 1.807) is 4.90 Å². The van der Waals surface area contributed by atoms with E-state index >= 15 is 0 Å². The third-order valence-electron chi connectivity index (χ3n) is 5.11. The predicted octanol–water partition coefficient (Wildman–Crippen LogP) is 1.58. The Bertz CT molecular complexity index is 640. The Kier molecular flexibility index (Phi) is 4.55. The van der Waals surface area contributed by atoms with Gasteiger partial charge in [-0.25, -0.2) is 0 Å². The Morgan fingerprint density at radius 3 is 2.50 bits per heavy atom. The third kappa shape index (κ3) is 3.27. The molecule has 6 heteroatoms. The molecule has 1 saturated heterocycles. The fourth-order valence-electron chi connectivity index (χ4n) is 3.45. The number of carbonyl (C=O) groups excluding carboxylic acids is 2. The maximum Gasteiger partial charge on any atom is 0.306 e. The summed E-state index contributed by atoms with van der Waals surface area (Å²) in [5, 5.41) is 11.8. The number of nitrogens with zero attached hydrogens (tertiary/aromatic N) is 1. The number of carboxylic acid groups (broad SMARTS) is 1. The van der Waals surface area contributed by atoms with E-state index in [0.29, 0.717) is 19.4 Å². The lowest BCUT2D eigenvalue weighted by atomic mass is 9.80. The second-order valence-electron chi connectivity index (χ2n) is 6.75. The van der Waals surface area contributed by atoms with E-state index in [2.05, 4.69) is 5.32 Å². The van der Waals surface area contributed by atoms with Crippen LogP contribution in [-0.2, 0) is 14.4 Å². The fraction of sp³-hybridized carbons (Fsp3) is 0.500. The van der Waals surface area contributed by atoms with Crippen molar-refractivity contribution in [1.82, 2.24) is 10.2 Å². The number of hydrogen-bond donors (Lipinski definition) is 2. The van der Waals surface area contributed by atoms with E-state index in [-0.39, 0.29) is 42.2 Å². The molecule has 2 atom stereocenters. The van der Waals surface area contributed by atoms with Crippen molar-refractivity contribution in [3.63, 3.8) is 0 Å². The number of benzene rings is 1. The van der Waals surface area contributed by atoms with Gasteiger partial charge in [-0.3, -0.25) is 14.4 Å². The minimum Gasteiger partial charge on any atom is -0.481 e. The molecule has 1 aliphatic carbocycles. The molecule has 0 radical (unpaired) electrons. The molecular weight excluding hydrogens is 308 g/mol. The van der Waals surface area contributed by atoms with E-state index in [0.717, 1.165) is 5.56 Å². The molecule has 2 aliphatic rings. The largest absolute Gasteiger partial charge is 0.481 e. The van der Waals surface area contributed by atoms with Crippen molar-refractivity contribution in [2.45, 2.75) is 38.3 Å². The number of carboxylic acids is 1. The van der Waals surface area contributed by atoms with Gasteiger partial charge in [0.05, 0.1) is 17.9 Å². The first kappa shape index (κ1) is 16.5. The highest BCUT2D eigenvalue weighted by molar-refractivity contribution is 5.89. The summed E-state index contributed by atoms with van der Waals surface area (Å²) in [5.41, 5.74) is 1.05. The Balaban J connectivity index is 1.55. The van der Waals surface area contributed by atoms with Gasteiger partial charge in [-0.05, 0) is 25.3 Å². The van der Waals surface area contributed by atoms with Gasteiger partial charge in [0.15, 0.2) is 0 Å². The predicted molar refractivity (Wildman–Crippen MR) is 87.0 cm³/mol. The first-order chi connectivity index (χ1) is 11.5. The Morgan fingerprint density at radius 1 is 1.21 bits per heavy atom. The van der Waals surface area contributed by atoms with Gasteiger partial charge in [0.1, 0.15) is 0 Å². The standard InChI is InChI=1S/C18H22N2O4/c1-11(12-5-3-2-4-6-12)20-10-14(9-16(20)21)17(22)19-15-7-13(8-15)18(23)24/h2-6,11,13-15H,7-10H2,1H3,(H,19,22)(H,23,24). The van der Waals surface area contributed by atoms with Crippen LogP contribution in [0, 0.1) is 11.8 Å². The highest BCUT2D eigenvalue weighted by Crippen LogP contribution is 2.31. The average molecular weight is 330 g/mol. The molecule has 1 heterocycles. The normalized spacial score (nSPS) is 27.5. The number of amides is 2. The second kappa shape index (κ2) is 6.63. The van der Waals surface area contributed by atoms with Crippen LogP contribution in [0.15, 0.2) is 30.3 Å². The van der Waals surface area contributed by atoms with Crippen LogP contribution >= 0.6 is 0 Å².